The number of rotatable bonds is 8. The summed E-state index contributed by atoms with van der Waals surface area (Å²) in [6.45, 7) is 0.341. The average molecular weight is 729 g/mol. The molecule has 4 aliphatic heterocycles. The van der Waals surface area contributed by atoms with Gasteiger partial charge in [-0.1, -0.05) is 6.07 Å². The Kier molecular flexibility index (Phi) is 10.8. The predicted octanol–water partition coefficient (Wildman–Crippen LogP) is -2.88. The first kappa shape index (κ1) is 37.2. The van der Waals surface area contributed by atoms with E-state index in [4.69, 9.17) is 33.2 Å². The second-order valence-corrected chi connectivity index (χ2v) is 12.7. The molecule has 0 aliphatic carbocycles. The highest BCUT2D eigenvalue weighted by atomic mass is 16.8. The maximum absolute atomic E-state index is 11.4. The molecule has 4 aliphatic rings. The van der Waals surface area contributed by atoms with Gasteiger partial charge in [0.25, 0.3) is 0 Å². The molecule has 0 bridgehead atoms. The van der Waals surface area contributed by atoms with Crippen LogP contribution in [-0.4, -0.2) is 161 Å². The van der Waals surface area contributed by atoms with Crippen molar-refractivity contribution in [3.05, 3.63) is 47.2 Å². The Labute approximate surface area is 288 Å². The van der Waals surface area contributed by atoms with Crippen LogP contribution in [0.1, 0.15) is 24.2 Å². The Bertz CT molecular complexity index is 1570. The van der Waals surface area contributed by atoms with E-state index in [2.05, 4.69) is 0 Å². The molecular formula is C32H40O19. The summed E-state index contributed by atoms with van der Waals surface area (Å²) in [4.78, 5) is 0. The van der Waals surface area contributed by atoms with Gasteiger partial charge in [-0.2, -0.15) is 0 Å². The minimum Gasteiger partial charge on any atom is -0.508 e. The van der Waals surface area contributed by atoms with Gasteiger partial charge in [0.15, 0.2) is 36.3 Å². The SMILES string of the molecule is C[C@H]1O[C@H](OC[C@@H]2O[C@H](OC3=Cc4c(O)cc(O)cc4OC3c3ccc(O)c(O)c3)[C@@H](O[C@H]3OC[C@H](O)[C@@H](O)[C@@H]3O)[C@H](O)[C@H]2O)[C@@H](O)[C@@H](O)[C@@H]1O. The van der Waals surface area contributed by atoms with Gasteiger partial charge in [-0.05, 0) is 25.1 Å². The van der Waals surface area contributed by atoms with Crippen LogP contribution in [0.2, 0.25) is 0 Å². The van der Waals surface area contributed by atoms with Crippen LogP contribution in [0, 0.1) is 0 Å². The molecule has 1 unspecified atom stereocenters. The Morgan fingerprint density at radius 1 is 0.706 bits per heavy atom. The number of hydrogen-bond donors (Lipinski definition) is 12. The third kappa shape index (κ3) is 7.39. The molecule has 3 fully saturated rings. The minimum atomic E-state index is -1.92. The monoisotopic (exact) mass is 728 g/mol. The van der Waals surface area contributed by atoms with Gasteiger partial charge in [0, 0.05) is 17.7 Å². The summed E-state index contributed by atoms with van der Waals surface area (Å²) >= 11 is 0. The number of benzene rings is 2. The second-order valence-electron chi connectivity index (χ2n) is 12.7. The Balaban J connectivity index is 1.33. The normalized spacial score (nSPS) is 39.8. The van der Waals surface area contributed by atoms with Crippen LogP contribution >= 0.6 is 0 Å². The largest absolute Gasteiger partial charge is 0.508 e. The fourth-order valence-electron chi connectivity index (χ4n) is 6.09. The van der Waals surface area contributed by atoms with E-state index in [-0.39, 0.29) is 28.4 Å². The molecule has 0 spiro atoms. The highest BCUT2D eigenvalue weighted by Gasteiger charge is 2.52. The third-order valence-corrected chi connectivity index (χ3v) is 9.07. The molecule has 0 radical (unpaired) electrons. The first-order valence-electron chi connectivity index (χ1n) is 15.9. The summed E-state index contributed by atoms with van der Waals surface area (Å²) < 4.78 is 40.4. The predicted molar refractivity (Wildman–Crippen MR) is 164 cm³/mol. The lowest BCUT2D eigenvalue weighted by molar-refractivity contribution is -0.359. The molecule has 15 atom stereocenters. The molecule has 2 aromatic carbocycles. The molecular weight excluding hydrogens is 688 g/mol. The first-order valence-corrected chi connectivity index (χ1v) is 15.9. The van der Waals surface area contributed by atoms with Crippen molar-refractivity contribution in [3.63, 3.8) is 0 Å². The zero-order valence-electron chi connectivity index (χ0n) is 26.8. The zero-order valence-corrected chi connectivity index (χ0v) is 26.8. The quantitative estimate of drug-likeness (QED) is 0.121. The molecule has 0 amide bonds. The van der Waals surface area contributed by atoms with Crippen molar-refractivity contribution in [1.29, 1.82) is 0 Å². The van der Waals surface area contributed by atoms with Crippen LogP contribution in [0.3, 0.4) is 0 Å². The summed E-state index contributed by atoms with van der Waals surface area (Å²) in [6, 6.07) is 5.91. The lowest BCUT2D eigenvalue weighted by Gasteiger charge is -2.46. The molecule has 2 aromatic rings. The summed E-state index contributed by atoms with van der Waals surface area (Å²) in [5.74, 6) is -1.96. The third-order valence-electron chi connectivity index (χ3n) is 9.07. The smallest absolute Gasteiger partial charge is 0.229 e. The van der Waals surface area contributed by atoms with Gasteiger partial charge in [-0.15, -0.1) is 0 Å². The molecule has 19 heteroatoms. The molecule has 0 saturated carbocycles. The van der Waals surface area contributed by atoms with Gasteiger partial charge in [-0.3, -0.25) is 0 Å². The number of hydrogen-bond acceptors (Lipinski definition) is 19. The molecule has 51 heavy (non-hydrogen) atoms. The molecule has 4 heterocycles. The van der Waals surface area contributed by atoms with E-state index in [0.717, 1.165) is 18.2 Å². The standard InChI is InChI=1S/C32H40O19/c1-10-21(38)24(41)27(44)30(47-10)46-9-20-23(40)25(42)29(51-31-26(43)22(39)17(37)8-45-31)32(50-20)49-19-7-13-15(35)5-12(33)6-18(13)48-28(19)11-2-3-14(34)16(36)4-11/h2-7,10,17,20-44H,8-9H2,1H3/t10-,17+,20+,21-,22-,23+,24+,25-,26+,27+,28?,29+,30+,31-,32+/m1/s1. The Morgan fingerprint density at radius 3 is 2.16 bits per heavy atom. The lowest BCUT2D eigenvalue weighted by Crippen LogP contribution is -2.63. The summed E-state index contributed by atoms with van der Waals surface area (Å²) in [5, 5.41) is 125. The fraction of sp³-hybridized carbons (Fsp3) is 0.562. The van der Waals surface area contributed by atoms with Crippen molar-refractivity contribution < 1.29 is 94.4 Å². The topological polar surface area (TPSA) is 307 Å². The number of phenolic OH excluding ortho intramolecular Hbond substituents is 4. The summed E-state index contributed by atoms with van der Waals surface area (Å²) in [6.07, 6.45) is -22.7. The van der Waals surface area contributed by atoms with Crippen LogP contribution in [0.25, 0.3) is 6.08 Å². The maximum atomic E-state index is 11.4. The van der Waals surface area contributed by atoms with Gasteiger partial charge in [0.2, 0.25) is 6.29 Å². The number of ether oxygens (including phenoxy) is 7. The highest BCUT2D eigenvalue weighted by Crippen LogP contribution is 2.45. The molecule has 6 rings (SSSR count). The van der Waals surface area contributed by atoms with Gasteiger partial charge >= 0.3 is 0 Å². The van der Waals surface area contributed by atoms with Crippen LogP contribution < -0.4 is 4.74 Å². The van der Waals surface area contributed by atoms with E-state index < -0.39 is 123 Å². The van der Waals surface area contributed by atoms with Gasteiger partial charge in [0.05, 0.1) is 24.9 Å². The fourth-order valence-corrected chi connectivity index (χ4v) is 6.09. The van der Waals surface area contributed by atoms with Crippen molar-refractivity contribution in [2.45, 2.75) is 99.0 Å². The van der Waals surface area contributed by atoms with Crippen LogP contribution in [-0.2, 0) is 28.4 Å². The second kappa shape index (κ2) is 14.8. The number of aliphatic hydroxyl groups excluding tert-OH is 8. The van der Waals surface area contributed by atoms with E-state index in [1.807, 2.05) is 0 Å². The van der Waals surface area contributed by atoms with E-state index in [1.165, 1.54) is 25.1 Å². The molecule has 0 aromatic heterocycles. The average Bonchev–Trinajstić information content (AvgIpc) is 3.09. The first-order chi connectivity index (χ1) is 24.1. The van der Waals surface area contributed by atoms with E-state index in [9.17, 15) is 61.3 Å². The van der Waals surface area contributed by atoms with Crippen molar-refractivity contribution in [1.82, 2.24) is 0 Å². The van der Waals surface area contributed by atoms with Gasteiger partial charge < -0.3 is 94.4 Å². The Hall–Kier alpha value is -3.54. The van der Waals surface area contributed by atoms with E-state index in [1.54, 1.807) is 0 Å². The molecule has 12 N–H and O–H groups in total. The van der Waals surface area contributed by atoms with E-state index in [0.29, 0.717) is 0 Å². The zero-order chi connectivity index (χ0) is 36.9. The number of aliphatic hydroxyl groups is 8. The van der Waals surface area contributed by atoms with Crippen molar-refractivity contribution in [2.75, 3.05) is 13.2 Å². The van der Waals surface area contributed by atoms with Crippen molar-refractivity contribution in [2.24, 2.45) is 0 Å². The highest BCUT2D eigenvalue weighted by molar-refractivity contribution is 5.69. The van der Waals surface area contributed by atoms with Crippen molar-refractivity contribution >= 4 is 6.08 Å². The van der Waals surface area contributed by atoms with Gasteiger partial charge in [0.1, 0.15) is 77.9 Å². The Morgan fingerprint density at radius 2 is 1.43 bits per heavy atom. The molecule has 282 valence electrons. The minimum absolute atomic E-state index is 0.0182. The number of phenols is 4. The van der Waals surface area contributed by atoms with Gasteiger partial charge in [-0.25, -0.2) is 0 Å². The summed E-state index contributed by atoms with van der Waals surface area (Å²) in [5.41, 5.74) is 0.206. The summed E-state index contributed by atoms with van der Waals surface area (Å²) in [7, 11) is 0. The van der Waals surface area contributed by atoms with Crippen molar-refractivity contribution in [3.8, 4) is 28.7 Å². The van der Waals surface area contributed by atoms with Crippen LogP contribution in [0.5, 0.6) is 28.7 Å². The molecule has 3 saturated heterocycles. The van der Waals surface area contributed by atoms with Crippen LogP contribution in [0.15, 0.2) is 36.1 Å². The maximum Gasteiger partial charge on any atom is 0.229 e. The molecule has 19 nitrogen and oxygen atoms in total. The lowest BCUT2D eigenvalue weighted by atomic mass is 9.97. The van der Waals surface area contributed by atoms with Crippen LogP contribution in [0.4, 0.5) is 0 Å². The number of fused-ring (bicyclic) bond motifs is 1. The number of aromatic hydroxyl groups is 4. The van der Waals surface area contributed by atoms with E-state index >= 15 is 0 Å².